The molecule has 0 aromatic heterocycles. The van der Waals surface area contributed by atoms with E-state index in [0.717, 1.165) is 22.3 Å². The van der Waals surface area contributed by atoms with Crippen LogP contribution in [-0.2, 0) is 14.9 Å². The van der Waals surface area contributed by atoms with E-state index < -0.39 is 22.7 Å². The largest absolute Gasteiger partial charge is 0.454 e. The molecule has 0 fully saturated rings. The van der Waals surface area contributed by atoms with Gasteiger partial charge in [-0.3, -0.25) is 4.79 Å². The lowest BCUT2D eigenvalue weighted by Gasteiger charge is -2.13. The Hall–Kier alpha value is -3.45. The molecular formula is C26H26O6S. The first-order chi connectivity index (χ1) is 15.5. The summed E-state index contributed by atoms with van der Waals surface area (Å²) in [5.74, 6) is -1.36. The molecule has 33 heavy (non-hydrogen) atoms. The molecule has 3 aromatic carbocycles. The van der Waals surface area contributed by atoms with Gasteiger partial charge in [-0.15, -0.1) is 0 Å². The van der Waals surface area contributed by atoms with E-state index in [-0.39, 0.29) is 22.0 Å². The van der Waals surface area contributed by atoms with Crippen LogP contribution in [0.2, 0.25) is 0 Å². The number of carbonyl (C=O) groups excluding carboxylic acids is 2. The minimum absolute atomic E-state index is 0.0195. The quantitative estimate of drug-likeness (QED) is 0.276. The summed E-state index contributed by atoms with van der Waals surface area (Å²) >= 11 is 0. The Kier molecular flexibility index (Phi) is 7.03. The number of carbonyl (C=O) groups is 2. The van der Waals surface area contributed by atoms with Crippen LogP contribution in [0, 0.1) is 34.6 Å². The predicted molar refractivity (Wildman–Crippen MR) is 125 cm³/mol. The van der Waals surface area contributed by atoms with Gasteiger partial charge >= 0.3 is 16.1 Å². The lowest BCUT2D eigenvalue weighted by atomic mass is 9.98. The first kappa shape index (κ1) is 24.2. The molecule has 0 unspecified atom stereocenters. The Labute approximate surface area is 194 Å². The van der Waals surface area contributed by atoms with Gasteiger partial charge in [0.25, 0.3) is 0 Å². The monoisotopic (exact) mass is 466 g/mol. The van der Waals surface area contributed by atoms with Crippen LogP contribution < -0.4 is 4.18 Å². The summed E-state index contributed by atoms with van der Waals surface area (Å²) in [5, 5.41) is 0. The zero-order valence-corrected chi connectivity index (χ0v) is 20.1. The number of para-hydroxylation sites is 1. The number of hydrogen-bond donors (Lipinski definition) is 0. The van der Waals surface area contributed by atoms with Crippen molar-refractivity contribution in [1.82, 2.24) is 0 Å². The van der Waals surface area contributed by atoms with Crippen LogP contribution in [0.15, 0.2) is 59.5 Å². The summed E-state index contributed by atoms with van der Waals surface area (Å²) in [4.78, 5) is 25.3. The van der Waals surface area contributed by atoms with E-state index >= 15 is 0 Å². The minimum atomic E-state index is -4.19. The average molecular weight is 467 g/mol. The summed E-state index contributed by atoms with van der Waals surface area (Å²) in [6.07, 6.45) is 0. The number of ketones is 1. The first-order valence-electron chi connectivity index (χ1n) is 10.4. The third kappa shape index (κ3) is 5.49. The maximum Gasteiger partial charge on any atom is 0.342 e. The molecule has 0 aliphatic carbocycles. The third-order valence-corrected chi connectivity index (χ3v) is 6.77. The third-order valence-electron chi connectivity index (χ3n) is 5.39. The van der Waals surface area contributed by atoms with E-state index in [0.29, 0.717) is 11.1 Å². The van der Waals surface area contributed by atoms with Crippen molar-refractivity contribution in [3.05, 3.63) is 93.5 Å². The standard InChI is InChI=1S/C26H26O6S/c1-16-10-11-17(2)25(12-16)33(29,30)32-24-9-7-6-8-21(24)26(28)31-15-23(27)22-14-19(4)18(3)13-20(22)5/h6-14H,15H2,1-5H3. The summed E-state index contributed by atoms with van der Waals surface area (Å²) in [6.45, 7) is 8.65. The minimum Gasteiger partial charge on any atom is -0.454 e. The number of aryl methyl sites for hydroxylation is 5. The van der Waals surface area contributed by atoms with E-state index in [1.165, 1.54) is 18.2 Å². The number of hydrogen-bond acceptors (Lipinski definition) is 6. The van der Waals surface area contributed by atoms with Crippen molar-refractivity contribution in [3.63, 3.8) is 0 Å². The van der Waals surface area contributed by atoms with Crippen molar-refractivity contribution in [2.45, 2.75) is 39.5 Å². The molecule has 0 spiro atoms. The first-order valence-corrected chi connectivity index (χ1v) is 11.8. The van der Waals surface area contributed by atoms with E-state index in [1.807, 2.05) is 26.8 Å². The SMILES string of the molecule is Cc1ccc(C)c(S(=O)(=O)Oc2ccccc2C(=O)OCC(=O)c2cc(C)c(C)cc2C)c1. The second kappa shape index (κ2) is 9.58. The van der Waals surface area contributed by atoms with Gasteiger partial charge in [0.05, 0.1) is 0 Å². The van der Waals surface area contributed by atoms with E-state index in [1.54, 1.807) is 44.2 Å². The fraction of sp³-hybridized carbons (Fsp3) is 0.231. The maximum atomic E-state index is 12.9. The molecule has 0 saturated heterocycles. The van der Waals surface area contributed by atoms with Gasteiger partial charge < -0.3 is 8.92 Å². The maximum absolute atomic E-state index is 12.9. The topological polar surface area (TPSA) is 86.7 Å². The van der Waals surface area contributed by atoms with Gasteiger partial charge in [-0.1, -0.05) is 30.3 Å². The molecule has 0 aliphatic heterocycles. The van der Waals surface area contributed by atoms with Crippen LogP contribution in [-0.4, -0.2) is 26.8 Å². The van der Waals surface area contributed by atoms with Gasteiger partial charge in [0.1, 0.15) is 10.5 Å². The molecule has 7 heteroatoms. The molecule has 0 bridgehead atoms. The predicted octanol–water partition coefficient (Wildman–Crippen LogP) is 5.04. The highest BCUT2D eigenvalue weighted by Crippen LogP contribution is 2.26. The van der Waals surface area contributed by atoms with Crippen LogP contribution in [0.3, 0.4) is 0 Å². The number of benzene rings is 3. The fourth-order valence-corrected chi connectivity index (χ4v) is 4.66. The number of esters is 1. The Balaban J connectivity index is 1.80. The van der Waals surface area contributed by atoms with Crippen LogP contribution in [0.4, 0.5) is 0 Å². The lowest BCUT2D eigenvalue weighted by Crippen LogP contribution is -2.18. The molecule has 0 atom stereocenters. The second-order valence-electron chi connectivity index (χ2n) is 8.05. The zero-order chi connectivity index (χ0) is 24.3. The Morgan fingerprint density at radius 1 is 0.758 bits per heavy atom. The Bertz CT molecular complexity index is 1340. The molecule has 0 aliphatic rings. The van der Waals surface area contributed by atoms with Gasteiger partial charge in [-0.05, 0) is 86.7 Å². The highest BCUT2D eigenvalue weighted by atomic mass is 32.2. The molecule has 6 nitrogen and oxygen atoms in total. The van der Waals surface area contributed by atoms with Crippen molar-refractivity contribution in [2.75, 3.05) is 6.61 Å². The molecule has 0 saturated carbocycles. The fourth-order valence-electron chi connectivity index (χ4n) is 3.40. The van der Waals surface area contributed by atoms with Gasteiger partial charge in [-0.2, -0.15) is 8.42 Å². The smallest absolute Gasteiger partial charge is 0.342 e. The molecule has 0 radical (unpaired) electrons. The number of Topliss-reactive ketones (excluding diaryl/α,β-unsaturated/α-hetero) is 1. The van der Waals surface area contributed by atoms with Gasteiger partial charge in [0.2, 0.25) is 5.78 Å². The van der Waals surface area contributed by atoms with Crippen molar-refractivity contribution in [2.24, 2.45) is 0 Å². The number of rotatable bonds is 7. The van der Waals surface area contributed by atoms with Gasteiger partial charge in [-0.25, -0.2) is 4.79 Å². The summed E-state index contributed by atoms with van der Waals surface area (Å²) in [6, 6.07) is 14.5. The van der Waals surface area contributed by atoms with Crippen LogP contribution >= 0.6 is 0 Å². The average Bonchev–Trinajstić information content (AvgIpc) is 2.76. The molecule has 0 amide bonds. The van der Waals surface area contributed by atoms with E-state index in [9.17, 15) is 18.0 Å². The zero-order valence-electron chi connectivity index (χ0n) is 19.3. The van der Waals surface area contributed by atoms with Crippen LogP contribution in [0.25, 0.3) is 0 Å². The summed E-state index contributed by atoms with van der Waals surface area (Å²) in [7, 11) is -4.19. The Morgan fingerprint density at radius 3 is 2.15 bits per heavy atom. The van der Waals surface area contributed by atoms with Crippen molar-refractivity contribution < 1.29 is 26.9 Å². The van der Waals surface area contributed by atoms with Gasteiger partial charge in [0.15, 0.2) is 12.4 Å². The van der Waals surface area contributed by atoms with Crippen molar-refractivity contribution in [3.8, 4) is 5.75 Å². The molecule has 3 aromatic rings. The molecule has 0 heterocycles. The Morgan fingerprint density at radius 2 is 1.42 bits per heavy atom. The van der Waals surface area contributed by atoms with Crippen LogP contribution in [0.1, 0.15) is 48.5 Å². The van der Waals surface area contributed by atoms with E-state index in [4.69, 9.17) is 8.92 Å². The summed E-state index contributed by atoms with van der Waals surface area (Å²) in [5.41, 5.74) is 4.50. The van der Waals surface area contributed by atoms with Crippen LogP contribution in [0.5, 0.6) is 5.75 Å². The highest BCUT2D eigenvalue weighted by molar-refractivity contribution is 7.87. The number of ether oxygens (including phenoxy) is 1. The normalized spacial score (nSPS) is 11.2. The van der Waals surface area contributed by atoms with E-state index in [2.05, 4.69) is 0 Å². The van der Waals surface area contributed by atoms with Gasteiger partial charge in [0, 0.05) is 5.56 Å². The molecular weight excluding hydrogens is 440 g/mol. The second-order valence-corrected chi connectivity index (χ2v) is 9.57. The highest BCUT2D eigenvalue weighted by Gasteiger charge is 2.24. The lowest BCUT2D eigenvalue weighted by molar-refractivity contribution is 0.0473. The molecule has 172 valence electrons. The summed E-state index contributed by atoms with van der Waals surface area (Å²) < 4.78 is 36.2. The van der Waals surface area contributed by atoms with Crippen molar-refractivity contribution in [1.29, 1.82) is 0 Å². The molecule has 3 rings (SSSR count). The molecule has 0 N–H and O–H groups in total. The van der Waals surface area contributed by atoms with Crippen molar-refractivity contribution >= 4 is 21.9 Å².